The lowest BCUT2D eigenvalue weighted by atomic mass is 9.50. The van der Waals surface area contributed by atoms with Crippen molar-refractivity contribution in [2.24, 2.45) is 29.4 Å². The molecule has 0 aliphatic heterocycles. The third-order valence-electron chi connectivity index (χ3n) is 8.93. The maximum atomic E-state index is 14.3. The van der Waals surface area contributed by atoms with Crippen molar-refractivity contribution in [2.75, 3.05) is 73.1 Å². The molecule has 234 valence electrons. The van der Waals surface area contributed by atoms with Gasteiger partial charge in [-0.05, 0) is 66.3 Å². The number of Topliss-reactive ketones (excluding diaryl/α,β-unsaturated/α-hetero) is 4. The molecule has 0 heterocycles. The minimum absolute atomic E-state index is 0.00120. The summed E-state index contributed by atoms with van der Waals surface area (Å²) in [7, 11) is 13.2. The van der Waals surface area contributed by atoms with Crippen LogP contribution < -0.4 is 16.0 Å². The average molecular weight is 601 g/mol. The van der Waals surface area contributed by atoms with Crippen molar-refractivity contribution < 1.29 is 39.0 Å². The van der Waals surface area contributed by atoms with E-state index < -0.39 is 82.1 Å². The molecule has 43 heavy (non-hydrogen) atoms. The molecular weight excluding hydrogens is 560 g/mol. The zero-order chi connectivity index (χ0) is 32.5. The van der Waals surface area contributed by atoms with Crippen LogP contribution in [0.15, 0.2) is 6.07 Å². The van der Waals surface area contributed by atoms with Crippen molar-refractivity contribution in [2.45, 2.75) is 24.1 Å². The topological polar surface area (TPSA) is 194 Å². The Morgan fingerprint density at radius 1 is 1.00 bits per heavy atom. The summed E-state index contributed by atoms with van der Waals surface area (Å²) in [5, 5.41) is 26.0. The molecule has 5 N–H and O–H groups in total. The van der Waals surface area contributed by atoms with Gasteiger partial charge in [0.05, 0.1) is 29.8 Å². The number of nitrogens with one attached hydrogen (secondary N) is 1. The SMILES string of the molecule is CN(C)CC(=O)Nc1cc(N(C)C)c2c(c1O)C(=O)C1C(=O)[C@]3(O)C(=O)C(C(N)=O)C(=O)[C@@H](N(C)C)[C@@H]3[C@@H](N(C)C)[C@@H]1C2. The van der Waals surface area contributed by atoms with Gasteiger partial charge in [-0.3, -0.25) is 33.7 Å². The molecule has 7 atom stereocenters. The minimum Gasteiger partial charge on any atom is -0.505 e. The summed E-state index contributed by atoms with van der Waals surface area (Å²) >= 11 is 0. The number of aliphatic hydroxyl groups is 1. The Hall–Kier alpha value is -3.72. The summed E-state index contributed by atoms with van der Waals surface area (Å²) in [6.45, 7) is -0.00120. The third kappa shape index (κ3) is 4.82. The van der Waals surface area contributed by atoms with E-state index in [0.29, 0.717) is 11.3 Å². The molecule has 0 aromatic heterocycles. The number of hydrogen-bond acceptors (Lipinski definition) is 12. The number of benzene rings is 1. The number of ketones is 4. The maximum absolute atomic E-state index is 14.3. The molecule has 0 saturated heterocycles. The fraction of sp³-hybridized carbons (Fsp3) is 0.586. The highest BCUT2D eigenvalue weighted by Crippen LogP contribution is 2.53. The monoisotopic (exact) mass is 600 g/mol. The number of phenolic OH excluding ortho intramolecular Hbond substituents is 1. The number of carbonyl (C=O) groups excluding carboxylic acids is 6. The quantitative estimate of drug-likeness (QED) is 0.198. The molecule has 0 radical (unpaired) electrons. The zero-order valence-corrected chi connectivity index (χ0v) is 25.7. The van der Waals surface area contributed by atoms with Crippen LogP contribution in [0.4, 0.5) is 11.4 Å². The molecule has 1 aromatic carbocycles. The minimum atomic E-state index is -2.89. The largest absolute Gasteiger partial charge is 0.505 e. The van der Waals surface area contributed by atoms with Crippen molar-refractivity contribution in [3.05, 3.63) is 17.2 Å². The van der Waals surface area contributed by atoms with E-state index in [1.807, 2.05) is 0 Å². The Morgan fingerprint density at radius 2 is 1.60 bits per heavy atom. The lowest BCUT2D eigenvalue weighted by Gasteiger charge is -2.57. The lowest BCUT2D eigenvalue weighted by molar-refractivity contribution is -0.188. The highest BCUT2D eigenvalue weighted by Gasteiger charge is 2.72. The van der Waals surface area contributed by atoms with Crippen molar-refractivity contribution in [1.29, 1.82) is 0 Å². The molecule has 3 aliphatic carbocycles. The summed E-state index contributed by atoms with van der Waals surface area (Å²) < 4.78 is 0. The molecule has 0 spiro atoms. The molecule has 2 amide bonds. The fourth-order valence-corrected chi connectivity index (χ4v) is 7.34. The second-order valence-corrected chi connectivity index (χ2v) is 12.7. The van der Waals surface area contributed by atoms with Crippen LogP contribution in [0.3, 0.4) is 0 Å². The highest BCUT2D eigenvalue weighted by atomic mass is 16.3. The van der Waals surface area contributed by atoms with E-state index in [4.69, 9.17) is 5.73 Å². The van der Waals surface area contributed by atoms with Gasteiger partial charge in [-0.1, -0.05) is 0 Å². The number of rotatable bonds is 7. The van der Waals surface area contributed by atoms with Crippen LogP contribution in [0.5, 0.6) is 5.75 Å². The van der Waals surface area contributed by atoms with E-state index in [9.17, 15) is 39.0 Å². The second kappa shape index (κ2) is 11.1. The summed E-state index contributed by atoms with van der Waals surface area (Å²) in [6, 6.07) is -0.560. The van der Waals surface area contributed by atoms with E-state index in [-0.39, 0.29) is 24.2 Å². The number of hydrogen-bond donors (Lipinski definition) is 4. The van der Waals surface area contributed by atoms with Gasteiger partial charge in [-0.15, -0.1) is 0 Å². The molecule has 0 bridgehead atoms. The number of primary amides is 1. The van der Waals surface area contributed by atoms with Crippen LogP contribution in [-0.4, -0.2) is 140 Å². The number of nitrogens with two attached hydrogens (primary N) is 1. The van der Waals surface area contributed by atoms with Crippen LogP contribution in [0.2, 0.25) is 0 Å². The van der Waals surface area contributed by atoms with E-state index in [2.05, 4.69) is 5.32 Å². The van der Waals surface area contributed by atoms with E-state index in [1.54, 1.807) is 63.1 Å². The first kappa shape index (κ1) is 32.2. The van der Waals surface area contributed by atoms with Gasteiger partial charge >= 0.3 is 0 Å². The summed E-state index contributed by atoms with van der Waals surface area (Å²) in [5.74, 6) is -12.2. The number of carbonyl (C=O) groups is 6. The molecule has 14 nitrogen and oxygen atoms in total. The normalized spacial score (nSPS) is 30.3. The number of anilines is 2. The smallest absolute Gasteiger partial charge is 0.238 e. The van der Waals surface area contributed by atoms with Crippen LogP contribution in [0.25, 0.3) is 0 Å². The van der Waals surface area contributed by atoms with Gasteiger partial charge in [0.2, 0.25) is 11.8 Å². The Balaban J connectivity index is 1.97. The van der Waals surface area contributed by atoms with Crippen molar-refractivity contribution in [1.82, 2.24) is 14.7 Å². The van der Waals surface area contributed by atoms with Crippen LogP contribution in [0.1, 0.15) is 15.9 Å². The molecule has 2 fully saturated rings. The first-order chi connectivity index (χ1) is 19.9. The molecule has 3 aliphatic rings. The average Bonchev–Trinajstić information content (AvgIpc) is 2.86. The summed E-state index contributed by atoms with van der Waals surface area (Å²) in [6.07, 6.45) is 0.0711. The first-order valence-corrected chi connectivity index (χ1v) is 13.9. The number of amides is 2. The second-order valence-electron chi connectivity index (χ2n) is 12.7. The third-order valence-corrected chi connectivity index (χ3v) is 8.93. The van der Waals surface area contributed by atoms with Crippen molar-refractivity contribution >= 4 is 46.3 Å². The van der Waals surface area contributed by atoms with Crippen LogP contribution in [0, 0.1) is 23.7 Å². The Morgan fingerprint density at radius 3 is 2.09 bits per heavy atom. The van der Waals surface area contributed by atoms with Gasteiger partial charge in [0.25, 0.3) is 0 Å². The van der Waals surface area contributed by atoms with E-state index in [0.717, 1.165) is 0 Å². The van der Waals surface area contributed by atoms with Crippen LogP contribution in [-0.2, 0) is 30.4 Å². The van der Waals surface area contributed by atoms with Gasteiger partial charge in [-0.25, -0.2) is 0 Å². The lowest BCUT2D eigenvalue weighted by Crippen LogP contribution is -2.79. The van der Waals surface area contributed by atoms with Gasteiger partial charge < -0.3 is 36.0 Å². The zero-order valence-electron chi connectivity index (χ0n) is 25.7. The van der Waals surface area contributed by atoms with E-state index >= 15 is 0 Å². The predicted molar refractivity (Wildman–Crippen MR) is 156 cm³/mol. The molecule has 14 heteroatoms. The Kier molecular flexibility index (Phi) is 8.30. The molecular formula is C29H40N6O8. The fourth-order valence-electron chi connectivity index (χ4n) is 7.34. The predicted octanol–water partition coefficient (Wildman–Crippen LogP) is -2.03. The van der Waals surface area contributed by atoms with Gasteiger partial charge in [0.15, 0.2) is 34.7 Å². The van der Waals surface area contributed by atoms with Gasteiger partial charge in [0.1, 0.15) is 5.75 Å². The number of fused-ring (bicyclic) bond motifs is 3. The van der Waals surface area contributed by atoms with Crippen molar-refractivity contribution in [3.8, 4) is 5.75 Å². The number of phenols is 1. The van der Waals surface area contributed by atoms with Crippen LogP contribution >= 0.6 is 0 Å². The molecule has 2 saturated carbocycles. The Labute approximate surface area is 249 Å². The molecule has 4 rings (SSSR count). The highest BCUT2D eigenvalue weighted by molar-refractivity contribution is 6.32. The van der Waals surface area contributed by atoms with Gasteiger partial charge in [-0.2, -0.15) is 0 Å². The number of likely N-dealkylation sites (N-methyl/N-ethyl adjacent to an activating group) is 2. The molecule has 1 aromatic rings. The number of nitrogens with zero attached hydrogens (tertiary/aromatic N) is 4. The molecule has 2 unspecified atom stereocenters. The number of aromatic hydroxyl groups is 1. The van der Waals surface area contributed by atoms with Gasteiger partial charge in [0, 0.05) is 31.7 Å². The standard InChI is InChI=1S/C29H40N6O8/c1-32(2)11-16(36)31-14-10-15(33(3)4)12-9-13-18(24(38)17(12)23(14)37)26(40)29(43)20(21(13)34(5)6)22(35(7)8)25(39)19(27(29)41)28(30)42/h10,13,18-22,37,43H,9,11H2,1-8H3,(H2,30,42)(H,31,36)/t13-,18?,19?,20+,21+,22+,29+/m1/s1. The van der Waals surface area contributed by atoms with E-state index in [1.165, 1.54) is 19.0 Å². The summed E-state index contributed by atoms with van der Waals surface area (Å²) in [5.41, 5.74) is 3.25. The Bertz CT molecular complexity index is 1420. The maximum Gasteiger partial charge on any atom is 0.238 e. The first-order valence-electron chi connectivity index (χ1n) is 13.9. The summed E-state index contributed by atoms with van der Waals surface area (Å²) in [4.78, 5) is 87.3. The van der Waals surface area contributed by atoms with Crippen molar-refractivity contribution in [3.63, 3.8) is 0 Å².